The van der Waals surface area contributed by atoms with Crippen LogP contribution in [0.2, 0.25) is 0 Å². The van der Waals surface area contributed by atoms with Gasteiger partial charge < -0.3 is 0 Å². The van der Waals surface area contributed by atoms with E-state index in [1.807, 2.05) is 0 Å². The topological polar surface area (TPSA) is 59.8 Å². The summed E-state index contributed by atoms with van der Waals surface area (Å²) in [7, 11) is 0. The number of carbonyl (C=O) groups is 1. The predicted molar refractivity (Wildman–Crippen MR) is 95.2 cm³/mol. The van der Waals surface area contributed by atoms with Gasteiger partial charge in [-0.1, -0.05) is 0 Å². The van der Waals surface area contributed by atoms with Crippen molar-refractivity contribution >= 4 is 22.4 Å². The highest BCUT2D eigenvalue weighted by Crippen LogP contribution is 2.35. The quantitative estimate of drug-likeness (QED) is 0.641. The lowest BCUT2D eigenvalue weighted by atomic mass is 10.0. The zero-order valence-electron chi connectivity index (χ0n) is 14.4. The Kier molecular flexibility index (Phi) is 4.66. The SMILES string of the molecule is O=C(Nc1nc2c(s1)CCCC2)c1cnn(-c2ccc(F)cc2)c1C(F)(F)F. The Morgan fingerprint density at radius 2 is 1.86 bits per heavy atom. The summed E-state index contributed by atoms with van der Waals surface area (Å²) in [6, 6.07) is 4.37. The number of hydrogen-bond donors (Lipinski definition) is 1. The van der Waals surface area contributed by atoms with Crippen LogP contribution in [0.15, 0.2) is 30.5 Å². The van der Waals surface area contributed by atoms with Gasteiger partial charge in [0.15, 0.2) is 10.8 Å². The third-order valence-electron chi connectivity index (χ3n) is 4.42. The van der Waals surface area contributed by atoms with Gasteiger partial charge in [0.2, 0.25) is 0 Å². The first kappa shape index (κ1) is 18.6. The molecule has 0 bridgehead atoms. The van der Waals surface area contributed by atoms with Crippen LogP contribution < -0.4 is 5.32 Å². The molecule has 1 N–H and O–H groups in total. The van der Waals surface area contributed by atoms with Crippen molar-refractivity contribution < 1.29 is 22.4 Å². The van der Waals surface area contributed by atoms with Gasteiger partial charge in [-0.05, 0) is 49.9 Å². The second kappa shape index (κ2) is 7.01. The van der Waals surface area contributed by atoms with Crippen molar-refractivity contribution in [3.8, 4) is 5.69 Å². The smallest absolute Gasteiger partial charge is 0.298 e. The molecule has 0 saturated heterocycles. The second-order valence-corrected chi connectivity index (χ2v) is 7.43. The van der Waals surface area contributed by atoms with Gasteiger partial charge in [0.1, 0.15) is 5.82 Å². The maximum absolute atomic E-state index is 13.7. The van der Waals surface area contributed by atoms with Crippen molar-refractivity contribution in [3.05, 3.63) is 58.1 Å². The summed E-state index contributed by atoms with van der Waals surface area (Å²) in [5.74, 6) is -1.53. The van der Waals surface area contributed by atoms with E-state index in [0.717, 1.165) is 66.7 Å². The maximum Gasteiger partial charge on any atom is 0.434 e. The van der Waals surface area contributed by atoms with E-state index in [1.165, 1.54) is 11.3 Å². The van der Waals surface area contributed by atoms with Gasteiger partial charge in [-0.2, -0.15) is 18.3 Å². The van der Waals surface area contributed by atoms with Gasteiger partial charge in [-0.25, -0.2) is 14.1 Å². The molecule has 0 unspecified atom stereocenters. The number of alkyl halides is 3. The number of fused-ring (bicyclic) bond motifs is 1. The highest BCUT2D eigenvalue weighted by Gasteiger charge is 2.40. The number of aryl methyl sites for hydroxylation is 2. The Balaban J connectivity index is 1.68. The molecule has 146 valence electrons. The van der Waals surface area contributed by atoms with Crippen LogP contribution in [0.1, 0.15) is 39.5 Å². The molecule has 0 atom stereocenters. The van der Waals surface area contributed by atoms with E-state index in [9.17, 15) is 22.4 Å². The molecular formula is C18H14F4N4OS. The summed E-state index contributed by atoms with van der Waals surface area (Å²) in [6.07, 6.45) is -0.274. The van der Waals surface area contributed by atoms with Crippen molar-refractivity contribution in [1.82, 2.24) is 14.8 Å². The summed E-state index contributed by atoms with van der Waals surface area (Å²) in [5.41, 5.74) is -0.954. The van der Waals surface area contributed by atoms with Crippen LogP contribution in [0.4, 0.5) is 22.7 Å². The molecule has 0 saturated carbocycles. The third-order valence-corrected chi connectivity index (χ3v) is 5.49. The van der Waals surface area contributed by atoms with Gasteiger partial charge in [-0.3, -0.25) is 10.1 Å². The second-order valence-electron chi connectivity index (χ2n) is 6.34. The van der Waals surface area contributed by atoms with E-state index in [1.54, 1.807) is 0 Å². The lowest BCUT2D eigenvalue weighted by Crippen LogP contribution is -2.20. The van der Waals surface area contributed by atoms with Crippen molar-refractivity contribution in [2.24, 2.45) is 0 Å². The fourth-order valence-corrected chi connectivity index (χ4v) is 4.18. The predicted octanol–water partition coefficient (Wildman–Crippen LogP) is 4.62. The number of rotatable bonds is 3. The molecule has 5 nitrogen and oxygen atoms in total. The summed E-state index contributed by atoms with van der Waals surface area (Å²) in [5, 5.41) is 6.44. The molecule has 0 aliphatic heterocycles. The first-order valence-corrected chi connectivity index (χ1v) is 9.35. The summed E-state index contributed by atoms with van der Waals surface area (Å²) < 4.78 is 54.7. The van der Waals surface area contributed by atoms with Crippen LogP contribution >= 0.6 is 11.3 Å². The molecule has 1 aliphatic rings. The van der Waals surface area contributed by atoms with Crippen LogP contribution in [-0.4, -0.2) is 20.7 Å². The van der Waals surface area contributed by atoms with Gasteiger partial charge in [0, 0.05) is 4.88 Å². The number of hydrogen-bond acceptors (Lipinski definition) is 4. The largest absolute Gasteiger partial charge is 0.434 e. The first-order valence-electron chi connectivity index (χ1n) is 8.54. The van der Waals surface area contributed by atoms with Crippen LogP contribution in [-0.2, 0) is 19.0 Å². The number of benzene rings is 1. The number of nitrogens with one attached hydrogen (secondary N) is 1. The van der Waals surface area contributed by atoms with Gasteiger partial charge in [0.05, 0.1) is 23.1 Å². The monoisotopic (exact) mass is 410 g/mol. The first-order chi connectivity index (χ1) is 13.3. The highest BCUT2D eigenvalue weighted by atomic mass is 32.1. The minimum Gasteiger partial charge on any atom is -0.298 e. The van der Waals surface area contributed by atoms with Gasteiger partial charge in [0.25, 0.3) is 5.91 Å². The highest BCUT2D eigenvalue weighted by molar-refractivity contribution is 7.15. The molecule has 4 rings (SSSR count). The van der Waals surface area contributed by atoms with Gasteiger partial charge >= 0.3 is 6.18 Å². The summed E-state index contributed by atoms with van der Waals surface area (Å²) in [4.78, 5) is 17.9. The number of halogens is 4. The molecule has 1 aromatic carbocycles. The lowest BCUT2D eigenvalue weighted by Gasteiger charge is -2.12. The van der Waals surface area contributed by atoms with Crippen LogP contribution in [0.25, 0.3) is 5.69 Å². The molecule has 2 heterocycles. The fraction of sp³-hybridized carbons (Fsp3) is 0.278. The molecule has 0 spiro atoms. The molecule has 0 fully saturated rings. The number of thiazole rings is 1. The number of anilines is 1. The average molecular weight is 410 g/mol. The summed E-state index contributed by atoms with van der Waals surface area (Å²) in [6.45, 7) is 0. The Bertz CT molecular complexity index is 1000. The Morgan fingerprint density at radius 1 is 1.14 bits per heavy atom. The molecular weight excluding hydrogens is 396 g/mol. The van der Waals surface area contributed by atoms with E-state index in [4.69, 9.17) is 0 Å². The van der Waals surface area contributed by atoms with Crippen LogP contribution in [0, 0.1) is 5.82 Å². The zero-order chi connectivity index (χ0) is 19.9. The normalized spacial score (nSPS) is 14.0. The maximum atomic E-state index is 13.7. The number of amides is 1. The minimum absolute atomic E-state index is 0.00233. The fourth-order valence-electron chi connectivity index (χ4n) is 3.14. The van der Waals surface area contributed by atoms with E-state index in [0.29, 0.717) is 4.68 Å². The van der Waals surface area contributed by atoms with Gasteiger partial charge in [-0.15, -0.1) is 11.3 Å². The Morgan fingerprint density at radius 3 is 2.54 bits per heavy atom. The molecule has 0 radical (unpaired) electrons. The third kappa shape index (κ3) is 3.51. The molecule has 10 heteroatoms. The number of aromatic nitrogens is 3. The van der Waals surface area contributed by atoms with E-state index >= 15 is 0 Å². The van der Waals surface area contributed by atoms with Crippen molar-refractivity contribution in [1.29, 1.82) is 0 Å². The molecule has 1 aliphatic carbocycles. The number of nitrogens with zero attached hydrogens (tertiary/aromatic N) is 3. The van der Waals surface area contributed by atoms with Crippen molar-refractivity contribution in [2.75, 3.05) is 5.32 Å². The van der Waals surface area contributed by atoms with E-state index in [-0.39, 0.29) is 10.8 Å². The van der Waals surface area contributed by atoms with E-state index < -0.39 is 29.2 Å². The molecule has 1 amide bonds. The van der Waals surface area contributed by atoms with Crippen LogP contribution in [0.5, 0.6) is 0 Å². The lowest BCUT2D eigenvalue weighted by molar-refractivity contribution is -0.143. The molecule has 2 aromatic heterocycles. The Labute approximate surface area is 161 Å². The van der Waals surface area contributed by atoms with Crippen molar-refractivity contribution in [3.63, 3.8) is 0 Å². The number of carbonyl (C=O) groups excluding carboxylic acids is 1. The average Bonchev–Trinajstić information content (AvgIpc) is 3.25. The molecule has 28 heavy (non-hydrogen) atoms. The zero-order valence-corrected chi connectivity index (χ0v) is 15.2. The van der Waals surface area contributed by atoms with Crippen LogP contribution in [0.3, 0.4) is 0 Å². The minimum atomic E-state index is -4.83. The standard InChI is InChI=1S/C18H14F4N4OS/c19-10-5-7-11(8-6-10)26-15(18(20,21)22)12(9-23-26)16(27)25-17-24-13-3-1-2-4-14(13)28-17/h5-9H,1-4H2,(H,24,25,27). The van der Waals surface area contributed by atoms with Crippen molar-refractivity contribution in [2.45, 2.75) is 31.9 Å². The Hall–Kier alpha value is -2.75. The summed E-state index contributed by atoms with van der Waals surface area (Å²) >= 11 is 1.28. The molecule has 3 aromatic rings. The van der Waals surface area contributed by atoms with E-state index in [2.05, 4.69) is 15.4 Å².